The van der Waals surface area contributed by atoms with E-state index in [-0.39, 0.29) is 0 Å². The zero-order valence-electron chi connectivity index (χ0n) is 45.5. The van der Waals surface area contributed by atoms with Gasteiger partial charge in [0.05, 0.1) is 11.1 Å². The average molecular weight is 1170 g/mol. The van der Waals surface area contributed by atoms with Crippen LogP contribution in [-0.2, 0) is 12.4 Å². The van der Waals surface area contributed by atoms with Crippen molar-refractivity contribution in [2.75, 3.05) is 0 Å². The summed E-state index contributed by atoms with van der Waals surface area (Å²) in [5.41, 5.74) is 7.25. The summed E-state index contributed by atoms with van der Waals surface area (Å²) < 4.78 is 93.6. The van der Waals surface area contributed by atoms with Crippen molar-refractivity contribution in [2.45, 2.75) is 26.2 Å². The van der Waals surface area contributed by atoms with Gasteiger partial charge < -0.3 is 0 Å². The second-order valence-corrected chi connectivity index (χ2v) is 29.2. The molecule has 84 heavy (non-hydrogen) atoms. The van der Waals surface area contributed by atoms with Gasteiger partial charge in [-0.1, -0.05) is 24.3 Å². The molecular formula is C73H50F6GeN4. The standard InChI is InChI=1S/C73H50F6GeN4/c1-47-37-55(41-57(39-47)72(74,75)76)53-32-34-66-63(44-53)64-45-54(56-38-48(2)40-58(42-56)73(77,78)79)33-35-67(64)84(66)68-36-31-52(46-65(68)71-82-69(49-19-8-3-9-20-49)81-70(83-71)50-21-10-4-11-22-50)51-23-18-30-62(43-51)80(59-24-12-5-13-25-59,60-26-14-6-15-27-60)61-28-16-7-17-29-61/h3-46H,1-2H3. The molecule has 0 atom stereocenters. The molecule has 0 aliphatic rings. The summed E-state index contributed by atoms with van der Waals surface area (Å²) in [6.45, 7) is 3.27. The molecule has 13 aromatic rings. The van der Waals surface area contributed by atoms with Crippen LogP contribution >= 0.6 is 0 Å². The molecule has 0 aliphatic carbocycles. The van der Waals surface area contributed by atoms with Gasteiger partial charge >= 0.3 is 365 Å². The molecule has 0 spiro atoms. The molecule has 408 valence electrons. The summed E-state index contributed by atoms with van der Waals surface area (Å²) in [6, 6.07) is 86.2. The molecule has 0 N–H and O–H groups in total. The predicted molar refractivity (Wildman–Crippen MR) is 330 cm³/mol. The smallest absolute Gasteiger partial charge is 0.166 e. The number of nitrogens with zero attached hydrogens (tertiary/aromatic N) is 4. The minimum absolute atomic E-state index is 0.370. The van der Waals surface area contributed by atoms with Crippen LogP contribution in [0.1, 0.15) is 22.3 Å². The Morgan fingerprint density at radius 2 is 0.679 bits per heavy atom. The molecule has 0 bridgehead atoms. The summed E-state index contributed by atoms with van der Waals surface area (Å²) in [6.07, 6.45) is -9.17. The zero-order chi connectivity index (χ0) is 57.7. The first-order valence-corrected chi connectivity index (χ1v) is 31.6. The van der Waals surface area contributed by atoms with Crippen molar-refractivity contribution < 1.29 is 26.3 Å². The van der Waals surface area contributed by atoms with Crippen LogP contribution in [0.25, 0.3) is 95.0 Å². The van der Waals surface area contributed by atoms with Gasteiger partial charge in [0.1, 0.15) is 0 Å². The quantitative estimate of drug-likeness (QED) is 0.0957. The largest absolute Gasteiger partial charge is 0.416 e. The van der Waals surface area contributed by atoms with Crippen LogP contribution in [0.15, 0.2) is 267 Å². The molecule has 0 fully saturated rings. The van der Waals surface area contributed by atoms with Crippen molar-refractivity contribution in [1.82, 2.24) is 19.5 Å². The molecule has 2 aromatic heterocycles. The first-order valence-electron chi connectivity index (χ1n) is 27.4. The number of alkyl halides is 6. The van der Waals surface area contributed by atoms with Gasteiger partial charge in [-0.3, -0.25) is 0 Å². The van der Waals surface area contributed by atoms with E-state index in [9.17, 15) is 26.3 Å². The van der Waals surface area contributed by atoms with Gasteiger partial charge in [0.2, 0.25) is 0 Å². The topological polar surface area (TPSA) is 43.6 Å². The molecule has 0 unspecified atom stereocenters. The average Bonchev–Trinajstić information content (AvgIpc) is 2.12. The molecule has 2 heterocycles. The molecule has 11 aromatic carbocycles. The molecule has 0 amide bonds. The third kappa shape index (κ3) is 10.1. The SMILES string of the molecule is Cc1cc(-c2ccc3c(c2)c2cc(-c4cc(C)cc(C(F)(F)F)c4)ccc2n3-c2ccc(-c3ccc[c]([Ge]([c]4ccccc4)([c]4ccccc4)[c]4ccccc4)c3)cc2-c2nc(-c3ccccc3)nc(-c3ccccc3)n2)cc(C(F)(F)F)c1. The molecule has 0 saturated heterocycles. The summed E-state index contributed by atoms with van der Waals surface area (Å²) in [7, 11) is 0. The van der Waals surface area contributed by atoms with Crippen molar-refractivity contribution >= 4 is 52.7 Å². The molecule has 4 nitrogen and oxygen atoms in total. The first-order chi connectivity index (χ1) is 40.7. The van der Waals surface area contributed by atoms with E-state index >= 15 is 0 Å². The van der Waals surface area contributed by atoms with E-state index in [2.05, 4.69) is 138 Å². The van der Waals surface area contributed by atoms with Crippen molar-refractivity contribution in [1.29, 1.82) is 0 Å². The summed E-state index contributed by atoms with van der Waals surface area (Å²) >= 11 is -3.77. The van der Waals surface area contributed by atoms with Crippen LogP contribution in [0.2, 0.25) is 0 Å². The fourth-order valence-electron chi connectivity index (χ4n) is 11.9. The third-order valence-electron chi connectivity index (χ3n) is 15.7. The Bertz CT molecular complexity index is 4310. The van der Waals surface area contributed by atoms with Crippen LogP contribution in [-0.4, -0.2) is 32.8 Å². The van der Waals surface area contributed by atoms with E-state index in [0.717, 1.165) is 46.5 Å². The molecule has 0 radical (unpaired) electrons. The number of aromatic nitrogens is 4. The van der Waals surface area contributed by atoms with Crippen LogP contribution < -0.4 is 17.6 Å². The molecule has 11 heteroatoms. The summed E-state index contributed by atoms with van der Waals surface area (Å²) in [5, 5.41) is 1.34. The monoisotopic (exact) mass is 1170 g/mol. The number of benzene rings is 11. The Morgan fingerprint density at radius 3 is 1.12 bits per heavy atom. The first kappa shape index (κ1) is 53.7. The second-order valence-electron chi connectivity index (χ2n) is 21.2. The van der Waals surface area contributed by atoms with Crippen LogP contribution in [0, 0.1) is 13.8 Å². The van der Waals surface area contributed by atoms with Gasteiger partial charge in [-0.25, -0.2) is 0 Å². The Balaban J connectivity index is 1.09. The Labute approximate surface area is 484 Å². The van der Waals surface area contributed by atoms with Crippen molar-refractivity contribution in [2.24, 2.45) is 0 Å². The van der Waals surface area contributed by atoms with E-state index in [0.29, 0.717) is 83.9 Å². The number of hydrogen-bond donors (Lipinski definition) is 0. The van der Waals surface area contributed by atoms with Gasteiger partial charge in [-0.2, -0.15) is 26.3 Å². The Kier molecular flexibility index (Phi) is 13.8. The van der Waals surface area contributed by atoms with E-state index < -0.39 is 36.7 Å². The van der Waals surface area contributed by atoms with Gasteiger partial charge in [0.25, 0.3) is 0 Å². The second kappa shape index (κ2) is 21.6. The van der Waals surface area contributed by atoms with Crippen LogP contribution in [0.4, 0.5) is 26.3 Å². The zero-order valence-corrected chi connectivity index (χ0v) is 47.6. The van der Waals surface area contributed by atoms with Gasteiger partial charge in [0, 0.05) is 0 Å². The van der Waals surface area contributed by atoms with Crippen LogP contribution in [0.5, 0.6) is 0 Å². The van der Waals surface area contributed by atoms with Crippen molar-refractivity contribution in [3.8, 4) is 73.2 Å². The van der Waals surface area contributed by atoms with E-state index in [1.54, 1.807) is 26.0 Å². The predicted octanol–water partition coefficient (Wildman–Crippen LogP) is 17.0. The maximum absolute atomic E-state index is 14.4. The Hall–Kier alpha value is -9.65. The number of fused-ring (bicyclic) bond motifs is 3. The van der Waals surface area contributed by atoms with E-state index in [4.69, 9.17) is 15.0 Å². The molecule has 13 rings (SSSR count). The van der Waals surface area contributed by atoms with Crippen molar-refractivity contribution in [3.63, 3.8) is 0 Å². The molecule has 0 aliphatic heterocycles. The van der Waals surface area contributed by atoms with Gasteiger partial charge in [-0.05, 0) is 60.4 Å². The molecular weight excluding hydrogens is 1120 g/mol. The number of hydrogen-bond acceptors (Lipinski definition) is 3. The van der Waals surface area contributed by atoms with Crippen LogP contribution in [0.3, 0.4) is 0 Å². The van der Waals surface area contributed by atoms with Gasteiger partial charge in [-0.15, -0.1) is 0 Å². The number of halogens is 6. The van der Waals surface area contributed by atoms with E-state index in [1.807, 2.05) is 97.1 Å². The third-order valence-corrected chi connectivity index (χ3v) is 25.7. The minimum atomic E-state index is -4.59. The summed E-state index contributed by atoms with van der Waals surface area (Å²) in [4.78, 5) is 15.7. The fraction of sp³-hybridized carbons (Fsp3) is 0.0548. The number of aryl methyl sites for hydroxylation is 2. The summed E-state index contributed by atoms with van der Waals surface area (Å²) in [5.74, 6) is 1.28. The maximum Gasteiger partial charge on any atom is 0.416 e. The number of rotatable bonds is 11. The minimum Gasteiger partial charge on any atom is -0.166 e. The fourth-order valence-corrected chi connectivity index (χ4v) is 21.9. The maximum atomic E-state index is 14.4. The van der Waals surface area contributed by atoms with E-state index in [1.165, 1.54) is 17.6 Å². The normalized spacial score (nSPS) is 12.0. The van der Waals surface area contributed by atoms with Gasteiger partial charge in [0.15, 0.2) is 0 Å². The Morgan fingerprint density at radius 1 is 0.310 bits per heavy atom. The molecule has 0 saturated carbocycles. The van der Waals surface area contributed by atoms with Crippen molar-refractivity contribution in [3.05, 3.63) is 289 Å².